The van der Waals surface area contributed by atoms with Gasteiger partial charge in [0.15, 0.2) is 0 Å². The molecule has 0 saturated heterocycles. The maximum atomic E-state index is 13.0. The molecule has 0 bridgehead atoms. The molecule has 4 aromatic rings. The molecule has 2 heterocycles. The minimum absolute atomic E-state index is 0.00178. The van der Waals surface area contributed by atoms with Crippen molar-refractivity contribution in [3.63, 3.8) is 0 Å². The number of rotatable bonds is 7. The Hall–Kier alpha value is -3.72. The van der Waals surface area contributed by atoms with Gasteiger partial charge in [0.25, 0.3) is 15.9 Å². The van der Waals surface area contributed by atoms with Crippen LogP contribution in [0.15, 0.2) is 84.0 Å². The zero-order chi connectivity index (χ0) is 21.8. The number of hydrogen-bond donors (Lipinski definition) is 2. The summed E-state index contributed by atoms with van der Waals surface area (Å²) < 4.78 is 42.2. The second-order valence-electron chi connectivity index (χ2n) is 6.84. The van der Waals surface area contributed by atoms with Crippen LogP contribution in [0.4, 0.5) is 10.1 Å². The normalized spacial score (nSPS) is 11.4. The van der Waals surface area contributed by atoms with Gasteiger partial charge in [0.1, 0.15) is 11.5 Å². The fourth-order valence-corrected chi connectivity index (χ4v) is 4.09. The number of carbonyl (C=O) groups excluding carboxylic acids is 1. The first-order valence-electron chi connectivity index (χ1n) is 9.50. The smallest absolute Gasteiger partial charge is 0.261 e. The molecule has 0 saturated carbocycles. The summed E-state index contributed by atoms with van der Waals surface area (Å²) in [4.78, 5) is 16.8. The summed E-state index contributed by atoms with van der Waals surface area (Å²) in [5.41, 5.74) is 2.29. The molecule has 0 unspecified atom stereocenters. The number of amides is 1. The van der Waals surface area contributed by atoms with Crippen LogP contribution in [0.3, 0.4) is 0 Å². The van der Waals surface area contributed by atoms with Crippen LogP contribution in [0.5, 0.6) is 0 Å². The summed E-state index contributed by atoms with van der Waals surface area (Å²) in [7, 11) is -3.85. The van der Waals surface area contributed by atoms with Gasteiger partial charge in [0.05, 0.1) is 10.6 Å². The number of imidazole rings is 1. The summed E-state index contributed by atoms with van der Waals surface area (Å²) in [5, 5.41) is 2.81. The average Bonchev–Trinajstić information content (AvgIpc) is 3.18. The Labute approximate surface area is 178 Å². The maximum Gasteiger partial charge on any atom is 0.261 e. The van der Waals surface area contributed by atoms with Crippen LogP contribution in [0.25, 0.3) is 5.65 Å². The van der Waals surface area contributed by atoms with Gasteiger partial charge in [-0.15, -0.1) is 0 Å². The fraction of sp³-hybridized carbons (Fsp3) is 0.0909. The fourth-order valence-electron chi connectivity index (χ4n) is 3.03. The summed E-state index contributed by atoms with van der Waals surface area (Å²) in [6.45, 7) is 0.398. The van der Waals surface area contributed by atoms with E-state index < -0.39 is 15.8 Å². The van der Waals surface area contributed by atoms with Crippen molar-refractivity contribution in [2.24, 2.45) is 0 Å². The molecule has 4 rings (SSSR count). The first-order valence-corrected chi connectivity index (χ1v) is 11.0. The number of halogens is 1. The molecule has 0 aliphatic heterocycles. The van der Waals surface area contributed by atoms with Gasteiger partial charge in [-0.1, -0.05) is 6.07 Å². The topological polar surface area (TPSA) is 92.6 Å². The molecular weight excluding hydrogens is 419 g/mol. The molecule has 2 aromatic heterocycles. The zero-order valence-corrected chi connectivity index (χ0v) is 17.1. The summed E-state index contributed by atoms with van der Waals surface area (Å²) in [6, 6.07) is 16.3. The van der Waals surface area contributed by atoms with Crippen molar-refractivity contribution in [3.05, 3.63) is 96.2 Å². The Morgan fingerprint density at radius 2 is 1.74 bits per heavy atom. The molecule has 9 heteroatoms. The third-order valence-electron chi connectivity index (χ3n) is 4.60. The van der Waals surface area contributed by atoms with Crippen LogP contribution in [0.1, 0.15) is 16.1 Å². The third-order valence-corrected chi connectivity index (χ3v) is 6.00. The lowest BCUT2D eigenvalue weighted by Gasteiger charge is -2.09. The van der Waals surface area contributed by atoms with Crippen LogP contribution >= 0.6 is 0 Å². The summed E-state index contributed by atoms with van der Waals surface area (Å²) >= 11 is 0. The van der Waals surface area contributed by atoms with Crippen LogP contribution in [-0.4, -0.2) is 30.3 Å². The molecule has 0 aliphatic rings. The van der Waals surface area contributed by atoms with Gasteiger partial charge < -0.3 is 9.72 Å². The highest BCUT2D eigenvalue weighted by Crippen LogP contribution is 2.17. The highest BCUT2D eigenvalue weighted by molar-refractivity contribution is 7.92. The number of aromatic nitrogens is 2. The van der Waals surface area contributed by atoms with Gasteiger partial charge in [0.2, 0.25) is 0 Å². The Kier molecular flexibility index (Phi) is 5.68. The van der Waals surface area contributed by atoms with Crippen molar-refractivity contribution in [2.75, 3.05) is 11.3 Å². The van der Waals surface area contributed by atoms with E-state index in [4.69, 9.17) is 0 Å². The lowest BCUT2D eigenvalue weighted by Crippen LogP contribution is -2.25. The lowest BCUT2D eigenvalue weighted by molar-refractivity contribution is 0.0954. The van der Waals surface area contributed by atoms with Crippen LogP contribution in [-0.2, 0) is 16.4 Å². The second-order valence-corrected chi connectivity index (χ2v) is 8.52. The molecule has 0 aliphatic carbocycles. The van der Waals surface area contributed by atoms with Gasteiger partial charge >= 0.3 is 0 Å². The zero-order valence-electron chi connectivity index (χ0n) is 16.3. The predicted molar refractivity (Wildman–Crippen MR) is 115 cm³/mol. The second kappa shape index (κ2) is 8.57. The van der Waals surface area contributed by atoms with E-state index in [1.165, 1.54) is 36.4 Å². The number of carbonyl (C=O) groups is 1. The van der Waals surface area contributed by atoms with Crippen molar-refractivity contribution in [1.82, 2.24) is 14.7 Å². The molecule has 2 aromatic carbocycles. The minimum atomic E-state index is -3.85. The Morgan fingerprint density at radius 1 is 1.00 bits per heavy atom. The van der Waals surface area contributed by atoms with Crippen molar-refractivity contribution in [3.8, 4) is 0 Å². The standard InChI is InChI=1S/C22H19FN4O3S/c23-17-6-8-18(9-7-17)26-31(29,30)20-10-4-16(5-11-20)22(28)24-13-12-19-15-27-14-2-1-3-21(27)25-19/h1-11,14-15,26H,12-13H2,(H,24,28). The van der Waals surface area contributed by atoms with Crippen LogP contribution < -0.4 is 10.0 Å². The monoisotopic (exact) mass is 438 g/mol. The minimum Gasteiger partial charge on any atom is -0.352 e. The van der Waals surface area contributed by atoms with Gasteiger partial charge in [0, 0.05) is 36.6 Å². The number of fused-ring (bicyclic) bond motifs is 1. The molecule has 0 atom stereocenters. The molecule has 0 fully saturated rings. The van der Waals surface area contributed by atoms with E-state index >= 15 is 0 Å². The Balaban J connectivity index is 1.35. The number of nitrogens with one attached hydrogen (secondary N) is 2. The molecule has 1 amide bonds. The number of pyridine rings is 1. The Bertz CT molecular complexity index is 1280. The molecule has 7 nitrogen and oxygen atoms in total. The van der Waals surface area contributed by atoms with Gasteiger partial charge in [-0.25, -0.2) is 17.8 Å². The number of anilines is 1. The van der Waals surface area contributed by atoms with E-state index in [1.807, 2.05) is 35.0 Å². The largest absolute Gasteiger partial charge is 0.352 e. The SMILES string of the molecule is O=C(NCCc1cn2ccccc2n1)c1ccc(S(=O)(=O)Nc2ccc(F)cc2)cc1. The highest BCUT2D eigenvalue weighted by Gasteiger charge is 2.15. The van der Waals surface area contributed by atoms with E-state index in [2.05, 4.69) is 15.0 Å². The molecule has 31 heavy (non-hydrogen) atoms. The predicted octanol–water partition coefficient (Wildman–Crippen LogP) is 3.25. The van der Waals surface area contributed by atoms with Gasteiger partial charge in [-0.05, 0) is 60.7 Å². The number of sulfonamides is 1. The summed E-state index contributed by atoms with van der Waals surface area (Å²) in [6.07, 6.45) is 4.39. The first-order chi connectivity index (χ1) is 14.9. The third kappa shape index (κ3) is 4.89. The lowest BCUT2D eigenvalue weighted by atomic mass is 10.2. The number of hydrogen-bond acceptors (Lipinski definition) is 4. The number of nitrogens with zero attached hydrogens (tertiary/aromatic N) is 2. The average molecular weight is 438 g/mol. The quantitative estimate of drug-likeness (QED) is 0.463. The van der Waals surface area contributed by atoms with Crippen molar-refractivity contribution in [1.29, 1.82) is 0 Å². The Morgan fingerprint density at radius 3 is 2.45 bits per heavy atom. The van der Waals surface area contributed by atoms with Gasteiger partial charge in [-0.2, -0.15) is 0 Å². The first kappa shape index (κ1) is 20.5. The van der Waals surface area contributed by atoms with E-state index in [9.17, 15) is 17.6 Å². The van der Waals surface area contributed by atoms with Gasteiger partial charge in [-0.3, -0.25) is 9.52 Å². The van der Waals surface area contributed by atoms with Crippen LogP contribution in [0.2, 0.25) is 0 Å². The van der Waals surface area contributed by atoms with Crippen LogP contribution in [0, 0.1) is 5.82 Å². The number of benzene rings is 2. The molecule has 0 radical (unpaired) electrons. The van der Waals surface area contributed by atoms with E-state index in [0.717, 1.165) is 23.5 Å². The molecular formula is C22H19FN4O3S. The van der Waals surface area contributed by atoms with E-state index in [1.54, 1.807) is 0 Å². The maximum absolute atomic E-state index is 13.0. The molecule has 2 N–H and O–H groups in total. The van der Waals surface area contributed by atoms with Crippen molar-refractivity contribution < 1.29 is 17.6 Å². The van der Waals surface area contributed by atoms with E-state index in [-0.39, 0.29) is 16.5 Å². The van der Waals surface area contributed by atoms with Crippen molar-refractivity contribution >= 4 is 27.3 Å². The summed E-state index contributed by atoms with van der Waals surface area (Å²) in [5.74, 6) is -0.765. The van der Waals surface area contributed by atoms with Crippen molar-refractivity contribution in [2.45, 2.75) is 11.3 Å². The molecule has 0 spiro atoms. The molecule has 158 valence electrons. The highest BCUT2D eigenvalue weighted by atomic mass is 32.2. The van der Waals surface area contributed by atoms with E-state index in [0.29, 0.717) is 18.5 Å².